The molecule has 0 spiro atoms. The lowest BCUT2D eigenvalue weighted by atomic mass is 9.84. The topological polar surface area (TPSA) is 54.4 Å². The van der Waals surface area contributed by atoms with E-state index in [1.54, 1.807) is 0 Å². The lowest BCUT2D eigenvalue weighted by molar-refractivity contribution is 0.424. The first-order valence-electron chi connectivity index (χ1n) is 7.68. The molecule has 115 valence electrons. The fourth-order valence-electron chi connectivity index (χ4n) is 2.41. The molecule has 0 aliphatic carbocycles. The summed E-state index contributed by atoms with van der Waals surface area (Å²) in [5.41, 5.74) is 0. The van der Waals surface area contributed by atoms with Crippen molar-refractivity contribution in [2.45, 2.75) is 78.6 Å². The Morgan fingerprint density at radius 2 is 1.63 bits per heavy atom. The molecule has 0 rings (SSSR count). The Morgan fingerprint density at radius 1 is 1.00 bits per heavy atom. The van der Waals surface area contributed by atoms with E-state index in [2.05, 4.69) is 20.8 Å². The summed E-state index contributed by atoms with van der Waals surface area (Å²) in [4.78, 5) is 0. The SMILES string of the molecule is CCCCCC[C](C)C(CCCC)CCS(=O)(=O)O. The largest absolute Gasteiger partial charge is 0.286 e. The minimum absolute atomic E-state index is 0.103. The lowest BCUT2D eigenvalue weighted by Gasteiger charge is -2.23. The van der Waals surface area contributed by atoms with E-state index in [1.165, 1.54) is 31.6 Å². The number of unbranched alkanes of at least 4 members (excludes halogenated alkanes) is 4. The highest BCUT2D eigenvalue weighted by Gasteiger charge is 2.19. The van der Waals surface area contributed by atoms with Crippen molar-refractivity contribution in [3.63, 3.8) is 0 Å². The van der Waals surface area contributed by atoms with Crippen molar-refractivity contribution in [2.24, 2.45) is 5.92 Å². The molecule has 4 heteroatoms. The Morgan fingerprint density at radius 3 is 2.16 bits per heavy atom. The molecular formula is C15H31O3S. The fourth-order valence-corrected chi connectivity index (χ4v) is 3.00. The van der Waals surface area contributed by atoms with Crippen molar-refractivity contribution in [3.05, 3.63) is 5.92 Å². The summed E-state index contributed by atoms with van der Waals surface area (Å²) >= 11 is 0. The highest BCUT2D eigenvalue weighted by molar-refractivity contribution is 7.85. The second-order valence-electron chi connectivity index (χ2n) is 5.57. The molecule has 1 N–H and O–H groups in total. The average molecular weight is 291 g/mol. The number of rotatable bonds is 12. The first kappa shape index (κ1) is 18.9. The molecule has 1 radical (unpaired) electrons. The predicted octanol–water partition coefficient (Wildman–Crippen LogP) is 4.64. The van der Waals surface area contributed by atoms with E-state index in [0.717, 1.165) is 25.7 Å². The third-order valence-corrected chi connectivity index (χ3v) is 4.50. The summed E-state index contributed by atoms with van der Waals surface area (Å²) in [5, 5.41) is 0. The molecule has 0 bridgehead atoms. The van der Waals surface area contributed by atoms with Crippen LogP contribution in [0.2, 0.25) is 0 Å². The molecule has 1 atom stereocenters. The molecule has 0 saturated carbocycles. The third-order valence-electron chi connectivity index (χ3n) is 3.75. The van der Waals surface area contributed by atoms with Crippen LogP contribution in [-0.2, 0) is 10.1 Å². The number of hydrogen-bond acceptors (Lipinski definition) is 2. The van der Waals surface area contributed by atoms with Crippen molar-refractivity contribution >= 4 is 10.1 Å². The van der Waals surface area contributed by atoms with Crippen LogP contribution in [0.4, 0.5) is 0 Å². The average Bonchev–Trinajstić information content (AvgIpc) is 2.33. The zero-order valence-electron chi connectivity index (χ0n) is 12.8. The van der Waals surface area contributed by atoms with Gasteiger partial charge >= 0.3 is 0 Å². The minimum Gasteiger partial charge on any atom is -0.286 e. The zero-order valence-corrected chi connectivity index (χ0v) is 13.6. The predicted molar refractivity (Wildman–Crippen MR) is 81.7 cm³/mol. The van der Waals surface area contributed by atoms with Crippen molar-refractivity contribution in [2.75, 3.05) is 5.75 Å². The van der Waals surface area contributed by atoms with Crippen LogP contribution in [0.1, 0.15) is 78.6 Å². The molecule has 1 unspecified atom stereocenters. The lowest BCUT2D eigenvalue weighted by Crippen LogP contribution is -2.15. The Kier molecular flexibility index (Phi) is 10.6. The summed E-state index contributed by atoms with van der Waals surface area (Å²) in [5.74, 6) is 1.66. The summed E-state index contributed by atoms with van der Waals surface area (Å²) in [7, 11) is -3.82. The molecule has 3 nitrogen and oxygen atoms in total. The van der Waals surface area contributed by atoms with Crippen LogP contribution < -0.4 is 0 Å². The van der Waals surface area contributed by atoms with Crippen LogP contribution in [-0.4, -0.2) is 18.7 Å². The standard InChI is InChI=1S/C15H31O3S/c1-4-6-8-9-10-14(3)15(11-7-5-2)12-13-19(16,17)18/h15H,4-13H2,1-3H3,(H,16,17,18). The summed E-state index contributed by atoms with van der Waals surface area (Å²) in [6.07, 6.45) is 9.94. The molecule has 0 amide bonds. The fraction of sp³-hybridized carbons (Fsp3) is 0.933. The molecule has 0 aromatic heterocycles. The highest BCUT2D eigenvalue weighted by atomic mass is 32.2. The Bertz CT molecular complexity index is 299. The molecule has 0 aromatic carbocycles. The van der Waals surface area contributed by atoms with Crippen LogP contribution in [0, 0.1) is 11.8 Å². The van der Waals surface area contributed by atoms with Crippen LogP contribution >= 0.6 is 0 Å². The van der Waals surface area contributed by atoms with E-state index < -0.39 is 10.1 Å². The second-order valence-corrected chi connectivity index (χ2v) is 7.14. The normalized spacial score (nSPS) is 13.9. The molecular weight excluding hydrogens is 260 g/mol. The first-order valence-corrected chi connectivity index (χ1v) is 9.29. The van der Waals surface area contributed by atoms with Gasteiger partial charge in [-0.2, -0.15) is 8.42 Å². The molecule has 0 saturated heterocycles. The Hall–Kier alpha value is -0.0900. The molecule has 0 aliphatic rings. The van der Waals surface area contributed by atoms with Gasteiger partial charge in [0.15, 0.2) is 0 Å². The molecule has 0 heterocycles. The van der Waals surface area contributed by atoms with E-state index in [0.29, 0.717) is 12.3 Å². The van der Waals surface area contributed by atoms with Crippen LogP contribution in [0.3, 0.4) is 0 Å². The molecule has 19 heavy (non-hydrogen) atoms. The Balaban J connectivity index is 4.14. The van der Waals surface area contributed by atoms with Gasteiger partial charge in [0.1, 0.15) is 0 Å². The van der Waals surface area contributed by atoms with Crippen molar-refractivity contribution < 1.29 is 13.0 Å². The van der Waals surface area contributed by atoms with Gasteiger partial charge in [0.05, 0.1) is 5.75 Å². The molecule has 0 fully saturated rings. The molecule has 0 aliphatic heterocycles. The molecule has 0 aromatic rings. The number of hydrogen-bond donors (Lipinski definition) is 1. The summed E-state index contributed by atoms with van der Waals surface area (Å²) in [6, 6.07) is 0. The van der Waals surface area contributed by atoms with Crippen molar-refractivity contribution in [1.29, 1.82) is 0 Å². The first-order chi connectivity index (χ1) is 8.90. The smallest absolute Gasteiger partial charge is 0.264 e. The van der Waals surface area contributed by atoms with Gasteiger partial charge in [-0.3, -0.25) is 4.55 Å². The van der Waals surface area contributed by atoms with Gasteiger partial charge in [0, 0.05) is 0 Å². The van der Waals surface area contributed by atoms with Gasteiger partial charge in [0.25, 0.3) is 10.1 Å². The van der Waals surface area contributed by atoms with E-state index in [4.69, 9.17) is 4.55 Å². The van der Waals surface area contributed by atoms with E-state index in [9.17, 15) is 8.42 Å². The summed E-state index contributed by atoms with van der Waals surface area (Å²) < 4.78 is 30.6. The Labute approximate surface area is 119 Å². The van der Waals surface area contributed by atoms with Crippen LogP contribution in [0.25, 0.3) is 0 Å². The highest BCUT2D eigenvalue weighted by Crippen LogP contribution is 2.29. The summed E-state index contributed by atoms with van der Waals surface area (Å²) in [6.45, 7) is 6.50. The van der Waals surface area contributed by atoms with Crippen molar-refractivity contribution in [1.82, 2.24) is 0 Å². The maximum Gasteiger partial charge on any atom is 0.264 e. The monoisotopic (exact) mass is 291 g/mol. The third kappa shape index (κ3) is 11.4. The van der Waals surface area contributed by atoms with Crippen molar-refractivity contribution in [3.8, 4) is 0 Å². The van der Waals surface area contributed by atoms with Crippen LogP contribution in [0.15, 0.2) is 0 Å². The van der Waals surface area contributed by atoms with E-state index in [1.807, 2.05) is 0 Å². The van der Waals surface area contributed by atoms with Gasteiger partial charge in [-0.05, 0) is 31.1 Å². The quantitative estimate of drug-likeness (QED) is 0.421. The van der Waals surface area contributed by atoms with Gasteiger partial charge in [-0.15, -0.1) is 0 Å². The van der Waals surface area contributed by atoms with Gasteiger partial charge in [-0.1, -0.05) is 59.3 Å². The minimum atomic E-state index is -3.82. The second kappa shape index (κ2) is 10.7. The van der Waals surface area contributed by atoms with Crippen LogP contribution in [0.5, 0.6) is 0 Å². The van der Waals surface area contributed by atoms with Gasteiger partial charge in [-0.25, -0.2) is 0 Å². The maximum atomic E-state index is 10.9. The van der Waals surface area contributed by atoms with Gasteiger partial charge < -0.3 is 0 Å². The van der Waals surface area contributed by atoms with E-state index >= 15 is 0 Å². The maximum absolute atomic E-state index is 10.9. The zero-order chi connectivity index (χ0) is 14.7. The van der Waals surface area contributed by atoms with E-state index in [-0.39, 0.29) is 5.75 Å². The van der Waals surface area contributed by atoms with Gasteiger partial charge in [0.2, 0.25) is 0 Å².